The second-order valence-corrected chi connectivity index (χ2v) is 6.49. The van der Waals surface area contributed by atoms with E-state index in [1.54, 1.807) is 0 Å². The molecule has 1 heterocycles. The van der Waals surface area contributed by atoms with Crippen LogP contribution in [0.25, 0.3) is 0 Å². The Morgan fingerprint density at radius 3 is 2.50 bits per heavy atom. The fourth-order valence-electron chi connectivity index (χ4n) is 3.56. The second-order valence-electron chi connectivity index (χ2n) is 6.49. The lowest BCUT2D eigenvalue weighted by atomic mass is 10.0. The summed E-state index contributed by atoms with van der Waals surface area (Å²) in [7, 11) is 1.89. The number of fused-ring (bicyclic) bond motifs is 1. The van der Waals surface area contributed by atoms with Crippen molar-refractivity contribution in [1.82, 2.24) is 10.2 Å². The van der Waals surface area contributed by atoms with Crippen LogP contribution < -0.4 is 5.32 Å². The number of hydrogen-bond donors (Lipinski definition) is 1. The van der Waals surface area contributed by atoms with Crippen molar-refractivity contribution in [2.24, 2.45) is 4.99 Å². The number of rotatable bonds is 2. The van der Waals surface area contributed by atoms with Gasteiger partial charge in [-0.25, -0.2) is 0 Å². The van der Waals surface area contributed by atoms with Gasteiger partial charge in [-0.15, -0.1) is 24.0 Å². The molecule has 4 heteroatoms. The molecular formula is C20H24IN3. The number of guanidine groups is 1. The minimum absolute atomic E-state index is 0. The van der Waals surface area contributed by atoms with Gasteiger partial charge >= 0.3 is 0 Å². The maximum absolute atomic E-state index is 4.52. The van der Waals surface area contributed by atoms with Gasteiger partial charge in [-0.05, 0) is 29.5 Å². The van der Waals surface area contributed by atoms with Crippen LogP contribution in [0.2, 0.25) is 0 Å². The lowest BCUT2D eigenvalue weighted by Crippen LogP contribution is -2.45. The molecule has 0 saturated heterocycles. The predicted molar refractivity (Wildman–Crippen MR) is 110 cm³/mol. The number of nitrogens with one attached hydrogen (secondary N) is 1. The summed E-state index contributed by atoms with van der Waals surface area (Å²) in [6.07, 6.45) is 2.30. The topological polar surface area (TPSA) is 27.6 Å². The smallest absolute Gasteiger partial charge is 0.194 e. The Hall–Kier alpha value is -1.56. The molecule has 1 N–H and O–H groups in total. The first-order chi connectivity index (χ1) is 11.3. The minimum atomic E-state index is 0. The van der Waals surface area contributed by atoms with Gasteiger partial charge in [-0.1, -0.05) is 54.6 Å². The first kappa shape index (κ1) is 17.3. The molecule has 1 saturated carbocycles. The highest BCUT2D eigenvalue weighted by Crippen LogP contribution is 2.40. The van der Waals surface area contributed by atoms with E-state index in [9.17, 15) is 0 Å². The van der Waals surface area contributed by atoms with Crippen LogP contribution in [0.1, 0.15) is 29.0 Å². The summed E-state index contributed by atoms with van der Waals surface area (Å²) in [5, 5.41) is 3.67. The highest BCUT2D eigenvalue weighted by Gasteiger charge is 2.39. The van der Waals surface area contributed by atoms with Gasteiger partial charge in [0.25, 0.3) is 0 Å². The van der Waals surface area contributed by atoms with Crippen molar-refractivity contribution < 1.29 is 0 Å². The van der Waals surface area contributed by atoms with Crippen molar-refractivity contribution in [2.45, 2.75) is 31.3 Å². The maximum atomic E-state index is 4.52. The molecule has 0 spiro atoms. The van der Waals surface area contributed by atoms with Gasteiger partial charge in [0.2, 0.25) is 0 Å². The first-order valence-corrected chi connectivity index (χ1v) is 8.45. The summed E-state index contributed by atoms with van der Waals surface area (Å²) >= 11 is 0. The van der Waals surface area contributed by atoms with Gasteiger partial charge in [0.15, 0.2) is 5.96 Å². The van der Waals surface area contributed by atoms with Crippen molar-refractivity contribution in [2.75, 3.05) is 13.6 Å². The molecule has 1 fully saturated rings. The molecule has 3 nitrogen and oxygen atoms in total. The van der Waals surface area contributed by atoms with Crippen molar-refractivity contribution in [3.05, 3.63) is 71.3 Å². The van der Waals surface area contributed by atoms with E-state index in [2.05, 4.69) is 69.8 Å². The van der Waals surface area contributed by atoms with Crippen LogP contribution in [0.15, 0.2) is 59.6 Å². The summed E-state index contributed by atoms with van der Waals surface area (Å²) in [5.74, 6) is 1.67. The molecule has 2 aliphatic rings. The Bertz CT molecular complexity index is 714. The molecule has 2 atom stereocenters. The van der Waals surface area contributed by atoms with Crippen LogP contribution in [0.4, 0.5) is 0 Å². The third-order valence-electron chi connectivity index (χ3n) is 4.97. The third kappa shape index (κ3) is 3.58. The number of benzene rings is 2. The zero-order valence-corrected chi connectivity index (χ0v) is 16.3. The van der Waals surface area contributed by atoms with E-state index < -0.39 is 0 Å². The predicted octanol–water partition coefficient (Wildman–Crippen LogP) is 3.79. The number of aliphatic imine (C=N–C) groups is 1. The second kappa shape index (κ2) is 7.55. The Labute approximate surface area is 161 Å². The summed E-state index contributed by atoms with van der Waals surface area (Å²) in [4.78, 5) is 6.90. The molecule has 4 rings (SSSR count). The Morgan fingerprint density at radius 1 is 1.04 bits per heavy atom. The van der Waals surface area contributed by atoms with Gasteiger partial charge in [-0.2, -0.15) is 0 Å². The van der Waals surface area contributed by atoms with E-state index in [0.717, 1.165) is 25.5 Å². The van der Waals surface area contributed by atoms with E-state index in [4.69, 9.17) is 0 Å². The standard InChI is InChI=1S/C20H23N3.HI/c1-21-20(22-19-13-18(19)16-8-3-2-4-9-16)23-12-11-15-7-5-6-10-17(15)14-23;/h2-10,18-19H,11-14H2,1H3,(H,21,22);1H. The van der Waals surface area contributed by atoms with E-state index in [-0.39, 0.29) is 24.0 Å². The average molecular weight is 433 g/mol. The van der Waals surface area contributed by atoms with Crippen molar-refractivity contribution in [3.8, 4) is 0 Å². The van der Waals surface area contributed by atoms with E-state index in [0.29, 0.717) is 12.0 Å². The van der Waals surface area contributed by atoms with Crippen LogP contribution >= 0.6 is 24.0 Å². The van der Waals surface area contributed by atoms with Crippen molar-refractivity contribution >= 4 is 29.9 Å². The first-order valence-electron chi connectivity index (χ1n) is 8.45. The van der Waals surface area contributed by atoms with Gasteiger partial charge in [-0.3, -0.25) is 4.99 Å². The lowest BCUT2D eigenvalue weighted by molar-refractivity contribution is 0.378. The van der Waals surface area contributed by atoms with Crippen LogP contribution in [0, 0.1) is 0 Å². The fraction of sp³-hybridized carbons (Fsp3) is 0.350. The molecule has 2 unspecified atom stereocenters. The summed E-state index contributed by atoms with van der Waals surface area (Å²) in [6.45, 7) is 2.00. The Balaban J connectivity index is 0.00000169. The normalized spacial score (nSPS) is 22.4. The molecule has 0 bridgehead atoms. The minimum Gasteiger partial charge on any atom is -0.353 e. The van der Waals surface area contributed by atoms with Crippen LogP contribution in [-0.2, 0) is 13.0 Å². The zero-order valence-electron chi connectivity index (χ0n) is 14.0. The molecule has 1 aliphatic heterocycles. The van der Waals surface area contributed by atoms with Crippen molar-refractivity contribution in [3.63, 3.8) is 0 Å². The quantitative estimate of drug-likeness (QED) is 0.444. The van der Waals surface area contributed by atoms with Crippen molar-refractivity contribution in [1.29, 1.82) is 0 Å². The Morgan fingerprint density at radius 2 is 1.75 bits per heavy atom. The van der Waals surface area contributed by atoms with Gasteiger partial charge < -0.3 is 10.2 Å². The van der Waals surface area contributed by atoms with Gasteiger partial charge in [0.05, 0.1) is 0 Å². The number of hydrogen-bond acceptors (Lipinski definition) is 1. The fourth-order valence-corrected chi connectivity index (χ4v) is 3.56. The molecular weight excluding hydrogens is 409 g/mol. The summed E-state index contributed by atoms with van der Waals surface area (Å²) in [6, 6.07) is 20.1. The third-order valence-corrected chi connectivity index (χ3v) is 4.97. The van der Waals surface area contributed by atoms with E-state index >= 15 is 0 Å². The van der Waals surface area contributed by atoms with Crippen LogP contribution in [0.5, 0.6) is 0 Å². The van der Waals surface area contributed by atoms with Gasteiger partial charge in [0.1, 0.15) is 0 Å². The lowest BCUT2D eigenvalue weighted by Gasteiger charge is -2.31. The maximum Gasteiger partial charge on any atom is 0.194 e. The summed E-state index contributed by atoms with van der Waals surface area (Å²) < 4.78 is 0. The van der Waals surface area contributed by atoms with Crippen LogP contribution in [-0.4, -0.2) is 30.5 Å². The highest BCUT2D eigenvalue weighted by atomic mass is 127. The van der Waals surface area contributed by atoms with E-state index in [1.165, 1.54) is 23.1 Å². The van der Waals surface area contributed by atoms with Crippen LogP contribution in [0.3, 0.4) is 0 Å². The molecule has 24 heavy (non-hydrogen) atoms. The molecule has 0 amide bonds. The highest BCUT2D eigenvalue weighted by molar-refractivity contribution is 14.0. The largest absolute Gasteiger partial charge is 0.353 e. The summed E-state index contributed by atoms with van der Waals surface area (Å²) in [5.41, 5.74) is 4.34. The molecule has 1 aliphatic carbocycles. The Kier molecular flexibility index (Phi) is 5.43. The number of halogens is 1. The molecule has 2 aromatic carbocycles. The van der Waals surface area contributed by atoms with E-state index in [1.807, 2.05) is 7.05 Å². The van der Waals surface area contributed by atoms with Gasteiger partial charge in [0, 0.05) is 32.1 Å². The zero-order chi connectivity index (χ0) is 15.6. The molecule has 0 aromatic heterocycles. The molecule has 126 valence electrons. The SMILES string of the molecule is CN=C(NC1CC1c1ccccc1)N1CCc2ccccc2C1.I. The number of nitrogens with zero attached hydrogens (tertiary/aromatic N) is 2. The molecule has 2 aromatic rings. The molecule has 0 radical (unpaired) electrons. The monoisotopic (exact) mass is 433 g/mol. The average Bonchev–Trinajstić information content (AvgIpc) is 3.39.